The van der Waals surface area contributed by atoms with Gasteiger partial charge in [-0.1, -0.05) is 41.4 Å². The van der Waals surface area contributed by atoms with Crippen LogP contribution in [0.3, 0.4) is 0 Å². The Morgan fingerprint density at radius 3 is 2.62 bits per heavy atom. The summed E-state index contributed by atoms with van der Waals surface area (Å²) in [4.78, 5) is 0. The normalized spacial score (nSPS) is 10.6. The van der Waals surface area contributed by atoms with Crippen molar-refractivity contribution >= 4 is 28.9 Å². The lowest BCUT2D eigenvalue weighted by Crippen LogP contribution is -2.02. The first-order valence-electron chi connectivity index (χ1n) is 6.51. The maximum Gasteiger partial charge on any atom is 0.0819 e. The van der Waals surface area contributed by atoms with Crippen LogP contribution >= 0.6 is 23.2 Å². The highest BCUT2D eigenvalue weighted by molar-refractivity contribution is 6.35. The zero-order valence-corrected chi connectivity index (χ0v) is 12.6. The second-order valence-electron chi connectivity index (χ2n) is 4.56. The van der Waals surface area contributed by atoms with Crippen molar-refractivity contribution in [3.8, 4) is 5.69 Å². The molecular formula is C16H13Cl2N3. The van der Waals surface area contributed by atoms with Crippen LogP contribution in [0.2, 0.25) is 10.0 Å². The van der Waals surface area contributed by atoms with E-state index in [1.165, 1.54) is 0 Å². The molecule has 0 saturated heterocycles. The van der Waals surface area contributed by atoms with Crippen molar-refractivity contribution in [2.75, 3.05) is 5.32 Å². The van der Waals surface area contributed by atoms with E-state index in [0.717, 1.165) is 17.1 Å². The minimum atomic E-state index is 0.583. The minimum Gasteiger partial charge on any atom is -0.378 e. The van der Waals surface area contributed by atoms with E-state index in [1.54, 1.807) is 18.2 Å². The van der Waals surface area contributed by atoms with E-state index in [4.69, 9.17) is 23.2 Å². The van der Waals surface area contributed by atoms with Gasteiger partial charge in [0.2, 0.25) is 0 Å². The Balaban J connectivity index is 1.72. The van der Waals surface area contributed by atoms with Gasteiger partial charge in [0.05, 0.1) is 28.6 Å². The number of hydrogen-bond donors (Lipinski definition) is 1. The Morgan fingerprint density at radius 1 is 1.00 bits per heavy atom. The molecule has 0 amide bonds. The maximum atomic E-state index is 6.12. The zero-order valence-electron chi connectivity index (χ0n) is 11.1. The van der Waals surface area contributed by atoms with Crippen LogP contribution in [0.1, 0.15) is 5.69 Å². The van der Waals surface area contributed by atoms with Crippen LogP contribution in [0.4, 0.5) is 5.69 Å². The van der Waals surface area contributed by atoms with Crippen LogP contribution in [0.5, 0.6) is 0 Å². The average molecular weight is 318 g/mol. The van der Waals surface area contributed by atoms with E-state index in [9.17, 15) is 0 Å². The van der Waals surface area contributed by atoms with Gasteiger partial charge < -0.3 is 5.32 Å². The quantitative estimate of drug-likeness (QED) is 0.749. The van der Waals surface area contributed by atoms with Gasteiger partial charge in [0.1, 0.15) is 0 Å². The fourth-order valence-corrected chi connectivity index (χ4v) is 2.36. The van der Waals surface area contributed by atoms with Gasteiger partial charge in [-0.05, 0) is 36.4 Å². The highest BCUT2D eigenvalue weighted by Gasteiger charge is 2.04. The molecule has 0 aliphatic rings. The molecule has 3 nitrogen and oxygen atoms in total. The molecule has 3 rings (SSSR count). The molecule has 0 spiro atoms. The first kappa shape index (κ1) is 14.0. The fourth-order valence-electron chi connectivity index (χ4n) is 2.00. The van der Waals surface area contributed by atoms with Crippen LogP contribution in [0.25, 0.3) is 5.69 Å². The first-order valence-corrected chi connectivity index (χ1v) is 7.27. The molecule has 0 unspecified atom stereocenters. The summed E-state index contributed by atoms with van der Waals surface area (Å²) >= 11 is 12.1. The fraction of sp³-hybridized carbons (Fsp3) is 0.0625. The topological polar surface area (TPSA) is 29.9 Å². The number of nitrogens with zero attached hydrogens (tertiary/aromatic N) is 2. The minimum absolute atomic E-state index is 0.583. The molecule has 0 bridgehead atoms. The predicted octanol–water partition coefficient (Wildman–Crippen LogP) is 4.79. The Kier molecular flexibility index (Phi) is 4.13. The Labute approximate surface area is 133 Å². The lowest BCUT2D eigenvalue weighted by Gasteiger charge is -2.07. The van der Waals surface area contributed by atoms with Crippen LogP contribution in [0.15, 0.2) is 60.8 Å². The summed E-state index contributed by atoms with van der Waals surface area (Å²) in [6.45, 7) is 0.583. The average Bonchev–Trinajstić information content (AvgIpc) is 2.98. The molecule has 106 valence electrons. The number of nitrogens with one attached hydrogen (secondary N) is 1. The molecule has 0 atom stereocenters. The third-order valence-corrected chi connectivity index (χ3v) is 3.62. The number of anilines is 1. The van der Waals surface area contributed by atoms with Gasteiger partial charge in [-0.15, -0.1) is 0 Å². The lowest BCUT2D eigenvalue weighted by molar-refractivity contribution is 0.844. The van der Waals surface area contributed by atoms with Gasteiger partial charge in [-0.25, -0.2) is 4.68 Å². The van der Waals surface area contributed by atoms with Gasteiger partial charge in [-0.2, -0.15) is 5.10 Å². The van der Waals surface area contributed by atoms with Crippen molar-refractivity contribution in [1.82, 2.24) is 9.78 Å². The number of rotatable bonds is 4. The van der Waals surface area contributed by atoms with Gasteiger partial charge in [0, 0.05) is 11.2 Å². The molecule has 0 aliphatic heterocycles. The highest BCUT2D eigenvalue weighted by atomic mass is 35.5. The molecule has 0 fully saturated rings. The summed E-state index contributed by atoms with van der Waals surface area (Å²) in [5.74, 6) is 0. The van der Waals surface area contributed by atoms with Crippen LogP contribution in [0, 0.1) is 0 Å². The second kappa shape index (κ2) is 6.20. The summed E-state index contributed by atoms with van der Waals surface area (Å²) in [7, 11) is 0. The molecule has 1 N–H and O–H groups in total. The van der Waals surface area contributed by atoms with Gasteiger partial charge in [0.15, 0.2) is 0 Å². The summed E-state index contributed by atoms with van der Waals surface area (Å²) in [6, 6.07) is 17.3. The second-order valence-corrected chi connectivity index (χ2v) is 5.41. The monoisotopic (exact) mass is 317 g/mol. The summed E-state index contributed by atoms with van der Waals surface area (Å²) in [6.07, 6.45) is 1.94. The number of aromatic nitrogens is 2. The predicted molar refractivity (Wildman–Crippen MR) is 87.4 cm³/mol. The summed E-state index contributed by atoms with van der Waals surface area (Å²) in [5, 5.41) is 9.06. The van der Waals surface area contributed by atoms with Crippen molar-refractivity contribution in [1.29, 1.82) is 0 Å². The molecule has 21 heavy (non-hydrogen) atoms. The molecular weight excluding hydrogens is 305 g/mol. The molecule has 1 heterocycles. The number of halogens is 2. The SMILES string of the molecule is Clc1ccc(Cl)c(NCc2ccn(-c3ccccc3)n2)c1. The third-order valence-electron chi connectivity index (χ3n) is 3.05. The smallest absolute Gasteiger partial charge is 0.0819 e. The molecule has 0 saturated carbocycles. The van der Waals surface area contributed by atoms with E-state index in [1.807, 2.05) is 47.3 Å². The molecule has 2 aromatic carbocycles. The summed E-state index contributed by atoms with van der Waals surface area (Å²) in [5.41, 5.74) is 2.76. The van der Waals surface area contributed by atoms with E-state index in [-0.39, 0.29) is 0 Å². The molecule has 5 heteroatoms. The largest absolute Gasteiger partial charge is 0.378 e. The van der Waals surface area contributed by atoms with E-state index in [0.29, 0.717) is 16.6 Å². The number of para-hydroxylation sites is 1. The van der Waals surface area contributed by atoms with Crippen LogP contribution < -0.4 is 5.32 Å². The summed E-state index contributed by atoms with van der Waals surface area (Å²) < 4.78 is 1.84. The maximum absolute atomic E-state index is 6.12. The van der Waals surface area contributed by atoms with Gasteiger partial charge in [0.25, 0.3) is 0 Å². The molecule has 1 aromatic heterocycles. The standard InChI is InChI=1S/C16H13Cl2N3/c17-12-6-7-15(18)16(10-12)19-11-13-8-9-21(20-13)14-4-2-1-3-5-14/h1-10,19H,11H2. The van der Waals surface area contributed by atoms with Crippen molar-refractivity contribution in [2.24, 2.45) is 0 Å². The van der Waals surface area contributed by atoms with E-state index in [2.05, 4.69) is 10.4 Å². The Morgan fingerprint density at radius 2 is 1.81 bits per heavy atom. The van der Waals surface area contributed by atoms with Crippen molar-refractivity contribution in [3.63, 3.8) is 0 Å². The van der Waals surface area contributed by atoms with Gasteiger partial charge >= 0.3 is 0 Å². The van der Waals surface area contributed by atoms with Gasteiger partial charge in [-0.3, -0.25) is 0 Å². The van der Waals surface area contributed by atoms with Crippen molar-refractivity contribution < 1.29 is 0 Å². The number of benzene rings is 2. The molecule has 0 aliphatic carbocycles. The van der Waals surface area contributed by atoms with E-state index >= 15 is 0 Å². The first-order chi connectivity index (χ1) is 10.2. The van der Waals surface area contributed by atoms with Crippen LogP contribution in [-0.2, 0) is 6.54 Å². The zero-order chi connectivity index (χ0) is 14.7. The Hall–Kier alpha value is -1.97. The van der Waals surface area contributed by atoms with Crippen molar-refractivity contribution in [3.05, 3.63) is 76.5 Å². The third kappa shape index (κ3) is 3.38. The molecule has 3 aromatic rings. The molecule has 0 radical (unpaired) electrons. The lowest BCUT2D eigenvalue weighted by atomic mass is 10.3. The van der Waals surface area contributed by atoms with Crippen molar-refractivity contribution in [2.45, 2.75) is 6.54 Å². The van der Waals surface area contributed by atoms with Crippen LogP contribution in [-0.4, -0.2) is 9.78 Å². The van der Waals surface area contributed by atoms with E-state index < -0.39 is 0 Å². The number of hydrogen-bond acceptors (Lipinski definition) is 2. The Bertz CT molecular complexity index is 738. The highest BCUT2D eigenvalue weighted by Crippen LogP contribution is 2.25.